The first-order valence-corrected chi connectivity index (χ1v) is 9.52. The van der Waals surface area contributed by atoms with Crippen molar-refractivity contribution < 1.29 is 9.18 Å². The van der Waals surface area contributed by atoms with Gasteiger partial charge in [0.15, 0.2) is 8.29 Å². The van der Waals surface area contributed by atoms with Gasteiger partial charge in [-0.15, -0.1) is 5.10 Å². The first-order valence-electron chi connectivity index (χ1n) is 7.41. The van der Waals surface area contributed by atoms with Crippen molar-refractivity contribution in [2.24, 2.45) is 0 Å². The van der Waals surface area contributed by atoms with Crippen molar-refractivity contribution in [1.29, 1.82) is 0 Å². The number of thioether (sulfide) groups is 1. The third-order valence-corrected chi connectivity index (χ3v) is 5.69. The maximum atomic E-state index is 13.2. The number of aromatic nitrogens is 2. The first kappa shape index (κ1) is 17.8. The van der Waals surface area contributed by atoms with E-state index in [2.05, 4.69) is 10.4 Å². The standard InChI is InChI=1S/C17H14FN3OS3/c1-11(15(22)19-13-7-5-6-12(18)10-13)24-16-20-21(17(23)25-16)14-8-3-2-4-9-14/h2-11H,1H3,(H,19,22)/t11-/m1/s1. The summed E-state index contributed by atoms with van der Waals surface area (Å²) in [5.41, 5.74) is 1.31. The summed E-state index contributed by atoms with van der Waals surface area (Å²) in [5.74, 6) is -0.610. The van der Waals surface area contributed by atoms with Gasteiger partial charge in [0.1, 0.15) is 5.82 Å². The van der Waals surface area contributed by atoms with E-state index in [1.807, 2.05) is 30.3 Å². The third kappa shape index (κ3) is 4.53. The summed E-state index contributed by atoms with van der Waals surface area (Å²) in [5, 5.41) is 6.78. The van der Waals surface area contributed by atoms with Crippen LogP contribution in [0.1, 0.15) is 6.92 Å². The molecule has 1 heterocycles. The van der Waals surface area contributed by atoms with Crippen molar-refractivity contribution in [3.8, 4) is 5.69 Å². The molecule has 2 aromatic carbocycles. The Bertz CT molecular complexity index is 940. The summed E-state index contributed by atoms with van der Waals surface area (Å²) in [4.78, 5) is 12.3. The van der Waals surface area contributed by atoms with Crippen LogP contribution in [0.5, 0.6) is 0 Å². The fraction of sp³-hybridized carbons (Fsp3) is 0.118. The summed E-state index contributed by atoms with van der Waals surface area (Å²) in [6.07, 6.45) is 0. The highest BCUT2D eigenvalue weighted by atomic mass is 32.2. The van der Waals surface area contributed by atoms with Crippen molar-refractivity contribution in [3.63, 3.8) is 0 Å². The average molecular weight is 392 g/mol. The van der Waals surface area contributed by atoms with Crippen molar-refractivity contribution >= 4 is 46.9 Å². The maximum absolute atomic E-state index is 13.2. The Balaban J connectivity index is 1.70. The highest BCUT2D eigenvalue weighted by Gasteiger charge is 2.17. The largest absolute Gasteiger partial charge is 0.325 e. The van der Waals surface area contributed by atoms with E-state index >= 15 is 0 Å². The molecular formula is C17H14FN3OS3. The molecule has 0 aliphatic rings. The molecule has 1 N–H and O–H groups in total. The normalized spacial score (nSPS) is 11.9. The van der Waals surface area contributed by atoms with Crippen LogP contribution < -0.4 is 5.32 Å². The van der Waals surface area contributed by atoms with Crippen LogP contribution in [0, 0.1) is 9.77 Å². The molecule has 1 aromatic heterocycles. The Morgan fingerprint density at radius 3 is 2.76 bits per heavy atom. The van der Waals surface area contributed by atoms with E-state index in [4.69, 9.17) is 12.2 Å². The Labute approximate surface area is 157 Å². The molecule has 0 spiro atoms. The molecule has 128 valence electrons. The number of halogens is 1. The van der Waals surface area contributed by atoms with Crippen molar-refractivity contribution in [3.05, 3.63) is 64.4 Å². The van der Waals surface area contributed by atoms with Crippen LogP contribution in [0.2, 0.25) is 0 Å². The predicted octanol–water partition coefficient (Wildman–Crippen LogP) is 4.92. The quantitative estimate of drug-likeness (QED) is 0.495. The second-order valence-corrected chi connectivity index (χ2v) is 8.35. The minimum Gasteiger partial charge on any atom is -0.325 e. The lowest BCUT2D eigenvalue weighted by Gasteiger charge is -2.10. The van der Waals surface area contributed by atoms with Crippen LogP contribution in [-0.2, 0) is 4.79 Å². The predicted molar refractivity (Wildman–Crippen MR) is 103 cm³/mol. The Morgan fingerprint density at radius 1 is 1.28 bits per heavy atom. The van der Waals surface area contributed by atoms with Crippen molar-refractivity contribution in [2.75, 3.05) is 5.32 Å². The third-order valence-electron chi connectivity index (χ3n) is 3.27. The molecule has 25 heavy (non-hydrogen) atoms. The van der Waals surface area contributed by atoms with Gasteiger partial charge in [0.05, 0.1) is 10.9 Å². The number of nitrogens with zero attached hydrogens (tertiary/aromatic N) is 2. The molecule has 0 saturated carbocycles. The maximum Gasteiger partial charge on any atom is 0.237 e. The van der Waals surface area contributed by atoms with Gasteiger partial charge in [0, 0.05) is 5.69 Å². The number of nitrogens with one attached hydrogen (secondary N) is 1. The van der Waals surface area contributed by atoms with Crippen LogP contribution in [0.3, 0.4) is 0 Å². The number of carbonyl (C=O) groups is 1. The lowest BCUT2D eigenvalue weighted by molar-refractivity contribution is -0.115. The van der Waals surface area contributed by atoms with Gasteiger partial charge in [-0.2, -0.15) is 0 Å². The second-order valence-electron chi connectivity index (χ2n) is 5.14. The number of hydrogen-bond acceptors (Lipinski definition) is 5. The highest BCUT2D eigenvalue weighted by Crippen LogP contribution is 2.28. The van der Waals surface area contributed by atoms with Crippen molar-refractivity contribution in [2.45, 2.75) is 16.5 Å². The Morgan fingerprint density at radius 2 is 2.04 bits per heavy atom. The summed E-state index contributed by atoms with van der Waals surface area (Å²) in [6.45, 7) is 1.77. The summed E-state index contributed by atoms with van der Waals surface area (Å²) < 4.78 is 16.2. The molecule has 0 radical (unpaired) electrons. The molecule has 0 unspecified atom stereocenters. The lowest BCUT2D eigenvalue weighted by atomic mass is 10.3. The number of hydrogen-bond donors (Lipinski definition) is 1. The molecule has 0 saturated heterocycles. The van der Waals surface area contributed by atoms with Crippen LogP contribution >= 0.6 is 35.3 Å². The van der Waals surface area contributed by atoms with Gasteiger partial charge in [0.2, 0.25) is 5.91 Å². The average Bonchev–Trinajstić information content (AvgIpc) is 2.96. The van der Waals surface area contributed by atoms with Gasteiger partial charge in [-0.25, -0.2) is 9.07 Å². The fourth-order valence-corrected chi connectivity index (χ4v) is 4.56. The van der Waals surface area contributed by atoms with Crippen LogP contribution in [-0.4, -0.2) is 20.9 Å². The van der Waals surface area contributed by atoms with E-state index in [0.717, 1.165) is 5.69 Å². The highest BCUT2D eigenvalue weighted by molar-refractivity contribution is 8.02. The number of para-hydroxylation sites is 1. The molecule has 0 aliphatic carbocycles. The minimum absolute atomic E-state index is 0.219. The van der Waals surface area contributed by atoms with E-state index in [1.54, 1.807) is 23.7 Å². The van der Waals surface area contributed by atoms with Gasteiger partial charge < -0.3 is 5.32 Å². The molecule has 0 fully saturated rings. The number of rotatable bonds is 5. The molecule has 3 rings (SSSR count). The fourth-order valence-electron chi connectivity index (χ4n) is 2.06. The molecule has 0 aliphatic heterocycles. The first-order chi connectivity index (χ1) is 12.0. The zero-order valence-electron chi connectivity index (χ0n) is 13.2. The summed E-state index contributed by atoms with van der Waals surface area (Å²) in [7, 11) is 0. The topological polar surface area (TPSA) is 46.9 Å². The molecule has 8 heteroatoms. The number of amides is 1. The van der Waals surface area contributed by atoms with Gasteiger partial charge >= 0.3 is 0 Å². The SMILES string of the molecule is C[C@@H](Sc1nn(-c2ccccc2)c(=S)s1)C(=O)Nc1cccc(F)c1. The summed E-state index contributed by atoms with van der Waals surface area (Å²) in [6, 6.07) is 15.4. The van der Waals surface area contributed by atoms with E-state index in [0.29, 0.717) is 14.0 Å². The van der Waals surface area contributed by atoms with Gasteiger partial charge in [0.25, 0.3) is 0 Å². The van der Waals surface area contributed by atoms with Gasteiger partial charge in [-0.1, -0.05) is 47.4 Å². The van der Waals surface area contributed by atoms with E-state index in [1.165, 1.54) is 35.2 Å². The Kier molecular flexibility index (Phi) is 5.62. The summed E-state index contributed by atoms with van der Waals surface area (Å²) >= 11 is 8.03. The monoisotopic (exact) mass is 391 g/mol. The van der Waals surface area contributed by atoms with Crippen LogP contribution in [0.25, 0.3) is 5.69 Å². The molecule has 0 bridgehead atoms. The zero-order valence-corrected chi connectivity index (χ0v) is 15.6. The second kappa shape index (κ2) is 7.90. The number of carbonyl (C=O) groups excluding carboxylic acids is 1. The minimum atomic E-state index is -0.395. The van der Waals surface area contributed by atoms with Crippen molar-refractivity contribution in [1.82, 2.24) is 9.78 Å². The number of benzene rings is 2. The van der Waals surface area contributed by atoms with Crippen LogP contribution in [0.4, 0.5) is 10.1 Å². The number of anilines is 1. The van der Waals surface area contributed by atoms with E-state index in [9.17, 15) is 9.18 Å². The Hall–Kier alpha value is -2.03. The van der Waals surface area contributed by atoms with E-state index in [-0.39, 0.29) is 5.91 Å². The molecule has 1 amide bonds. The molecule has 3 aromatic rings. The van der Waals surface area contributed by atoms with Gasteiger partial charge in [-0.05, 0) is 49.5 Å². The lowest BCUT2D eigenvalue weighted by Crippen LogP contribution is -2.22. The molecule has 4 nitrogen and oxygen atoms in total. The smallest absolute Gasteiger partial charge is 0.237 e. The van der Waals surface area contributed by atoms with Crippen LogP contribution in [0.15, 0.2) is 58.9 Å². The zero-order chi connectivity index (χ0) is 17.8. The van der Waals surface area contributed by atoms with E-state index < -0.39 is 11.1 Å². The molecule has 1 atom stereocenters. The molecular weight excluding hydrogens is 377 g/mol. The van der Waals surface area contributed by atoms with Gasteiger partial charge in [-0.3, -0.25) is 4.79 Å².